The number of nitrogens with two attached hydrogens (primary N) is 1. The Balaban J connectivity index is 2.19. The van der Waals surface area contributed by atoms with Gasteiger partial charge in [-0.1, -0.05) is 0 Å². The van der Waals surface area contributed by atoms with E-state index in [1.54, 1.807) is 0 Å². The summed E-state index contributed by atoms with van der Waals surface area (Å²) in [5.41, 5.74) is 5.90. The van der Waals surface area contributed by atoms with Gasteiger partial charge in [0, 0.05) is 32.7 Å². The molecule has 3 N–H and O–H groups in total. The molecule has 0 spiro atoms. The zero-order chi connectivity index (χ0) is 11.1. The van der Waals surface area contributed by atoms with E-state index in [0.717, 1.165) is 45.7 Å². The number of hydrogen-bond donors (Lipinski definition) is 2. The summed E-state index contributed by atoms with van der Waals surface area (Å²) in [5.74, 6) is 0.704. The van der Waals surface area contributed by atoms with Gasteiger partial charge in [-0.2, -0.15) is 0 Å². The van der Waals surface area contributed by atoms with Crippen LogP contribution in [0.4, 0.5) is 0 Å². The second kappa shape index (κ2) is 6.63. The zero-order valence-electron chi connectivity index (χ0n) is 9.87. The first-order valence-electron chi connectivity index (χ1n) is 5.60. The van der Waals surface area contributed by atoms with Gasteiger partial charge < -0.3 is 20.9 Å². The fourth-order valence-corrected chi connectivity index (χ4v) is 1.57. The number of rotatable bonds is 4. The van der Waals surface area contributed by atoms with E-state index in [0.29, 0.717) is 5.96 Å². The van der Waals surface area contributed by atoms with Crippen LogP contribution in [0.3, 0.4) is 0 Å². The monoisotopic (exact) mass is 213 g/mol. The van der Waals surface area contributed by atoms with Crippen LogP contribution in [0, 0.1) is 0 Å². The zero-order valence-corrected chi connectivity index (χ0v) is 9.87. The molecule has 1 saturated heterocycles. The molecule has 88 valence electrons. The van der Waals surface area contributed by atoms with Crippen molar-refractivity contribution < 1.29 is 0 Å². The summed E-state index contributed by atoms with van der Waals surface area (Å²) < 4.78 is 0. The van der Waals surface area contributed by atoms with E-state index in [1.807, 2.05) is 0 Å². The normalized spacial score (nSPS) is 18.6. The fourth-order valence-electron chi connectivity index (χ4n) is 1.57. The fraction of sp³-hybridized carbons (Fsp3) is 0.900. The number of nitrogens with one attached hydrogen (secondary N) is 1. The first-order valence-corrected chi connectivity index (χ1v) is 5.60. The molecule has 1 aliphatic rings. The Bertz CT molecular complexity index is 196. The van der Waals surface area contributed by atoms with Crippen LogP contribution in [0.5, 0.6) is 0 Å². The molecule has 0 saturated carbocycles. The van der Waals surface area contributed by atoms with Crippen LogP contribution < -0.4 is 11.1 Å². The highest BCUT2D eigenvalue weighted by Crippen LogP contribution is 1.92. The minimum absolute atomic E-state index is 0.704. The highest BCUT2D eigenvalue weighted by atomic mass is 15.3. The standard InChI is InChI=1S/C10H23N5/c1-14(2)7-3-4-13-10(11)15-8-5-12-6-9-15/h12H,3-9H2,1-2H3,(H2,11,13). The number of aliphatic imine (C=N–C) groups is 1. The Morgan fingerprint density at radius 2 is 2.07 bits per heavy atom. The van der Waals surface area contributed by atoms with Crippen molar-refractivity contribution in [1.82, 2.24) is 15.1 Å². The van der Waals surface area contributed by atoms with Gasteiger partial charge in [0.25, 0.3) is 0 Å². The van der Waals surface area contributed by atoms with E-state index in [1.165, 1.54) is 0 Å². The van der Waals surface area contributed by atoms with E-state index in [9.17, 15) is 0 Å². The lowest BCUT2D eigenvalue weighted by Crippen LogP contribution is -2.49. The molecule has 1 heterocycles. The Hall–Kier alpha value is -0.810. The highest BCUT2D eigenvalue weighted by molar-refractivity contribution is 5.78. The molecule has 15 heavy (non-hydrogen) atoms. The lowest BCUT2D eigenvalue weighted by Gasteiger charge is -2.28. The van der Waals surface area contributed by atoms with Gasteiger partial charge >= 0.3 is 0 Å². The first kappa shape index (κ1) is 12.3. The van der Waals surface area contributed by atoms with Crippen LogP contribution in [0.25, 0.3) is 0 Å². The van der Waals surface area contributed by atoms with Crippen LogP contribution >= 0.6 is 0 Å². The highest BCUT2D eigenvalue weighted by Gasteiger charge is 2.10. The molecule has 0 aliphatic carbocycles. The Morgan fingerprint density at radius 3 is 2.67 bits per heavy atom. The van der Waals surface area contributed by atoms with E-state index < -0.39 is 0 Å². The summed E-state index contributed by atoms with van der Waals surface area (Å²) >= 11 is 0. The lowest BCUT2D eigenvalue weighted by molar-refractivity contribution is 0.352. The molecule has 0 radical (unpaired) electrons. The molecule has 1 aliphatic heterocycles. The largest absolute Gasteiger partial charge is 0.370 e. The molecule has 5 nitrogen and oxygen atoms in total. The summed E-state index contributed by atoms with van der Waals surface area (Å²) in [6.07, 6.45) is 1.07. The number of hydrogen-bond acceptors (Lipinski definition) is 3. The Labute approximate surface area is 92.3 Å². The molecule has 5 heteroatoms. The van der Waals surface area contributed by atoms with E-state index in [4.69, 9.17) is 5.73 Å². The summed E-state index contributed by atoms with van der Waals surface area (Å²) in [6, 6.07) is 0. The van der Waals surface area contributed by atoms with Gasteiger partial charge in [-0.3, -0.25) is 4.99 Å². The van der Waals surface area contributed by atoms with Crippen LogP contribution in [0.15, 0.2) is 4.99 Å². The van der Waals surface area contributed by atoms with Crippen molar-refractivity contribution in [3.63, 3.8) is 0 Å². The van der Waals surface area contributed by atoms with Crippen molar-refractivity contribution in [2.24, 2.45) is 10.7 Å². The van der Waals surface area contributed by atoms with Crippen molar-refractivity contribution >= 4 is 5.96 Å². The molecule has 0 bridgehead atoms. The van der Waals surface area contributed by atoms with Gasteiger partial charge in [-0.05, 0) is 27.1 Å². The van der Waals surface area contributed by atoms with Gasteiger partial charge in [0.15, 0.2) is 5.96 Å². The van der Waals surface area contributed by atoms with E-state index in [2.05, 4.69) is 34.2 Å². The lowest BCUT2D eigenvalue weighted by atomic mass is 10.4. The molecule has 1 rings (SSSR count). The number of piperazine rings is 1. The number of nitrogens with zero attached hydrogens (tertiary/aromatic N) is 3. The quantitative estimate of drug-likeness (QED) is 0.363. The van der Waals surface area contributed by atoms with Gasteiger partial charge in [0.05, 0.1) is 0 Å². The summed E-state index contributed by atoms with van der Waals surface area (Å²) in [5, 5.41) is 3.29. The summed E-state index contributed by atoms with van der Waals surface area (Å²) in [4.78, 5) is 8.69. The molecule has 0 unspecified atom stereocenters. The predicted octanol–water partition coefficient (Wildman–Crippen LogP) is -0.842. The second-order valence-corrected chi connectivity index (χ2v) is 4.13. The third-order valence-corrected chi connectivity index (χ3v) is 2.48. The third-order valence-electron chi connectivity index (χ3n) is 2.48. The van der Waals surface area contributed by atoms with Crippen LogP contribution in [-0.2, 0) is 0 Å². The second-order valence-electron chi connectivity index (χ2n) is 4.13. The molecule has 0 atom stereocenters. The van der Waals surface area contributed by atoms with Crippen molar-refractivity contribution in [2.45, 2.75) is 6.42 Å². The average Bonchev–Trinajstić information content (AvgIpc) is 2.25. The maximum Gasteiger partial charge on any atom is 0.191 e. The maximum atomic E-state index is 5.90. The molecule has 0 aromatic carbocycles. The summed E-state index contributed by atoms with van der Waals surface area (Å²) in [6.45, 7) is 5.86. The van der Waals surface area contributed by atoms with E-state index >= 15 is 0 Å². The third kappa shape index (κ3) is 4.99. The van der Waals surface area contributed by atoms with Crippen molar-refractivity contribution in [3.05, 3.63) is 0 Å². The van der Waals surface area contributed by atoms with Gasteiger partial charge in [0.2, 0.25) is 0 Å². The van der Waals surface area contributed by atoms with Gasteiger partial charge in [0.1, 0.15) is 0 Å². The number of guanidine groups is 1. The SMILES string of the molecule is CN(C)CCCN=C(N)N1CCNCC1. The van der Waals surface area contributed by atoms with Crippen LogP contribution in [0.2, 0.25) is 0 Å². The molecule has 0 aromatic heterocycles. The topological polar surface area (TPSA) is 56.9 Å². The Kier molecular flexibility index (Phi) is 5.42. The summed E-state index contributed by atoms with van der Waals surface area (Å²) in [7, 11) is 4.15. The van der Waals surface area contributed by atoms with Crippen molar-refractivity contribution in [1.29, 1.82) is 0 Å². The molecule has 0 amide bonds. The first-order chi connectivity index (χ1) is 7.20. The minimum Gasteiger partial charge on any atom is -0.370 e. The maximum absolute atomic E-state index is 5.90. The predicted molar refractivity (Wildman–Crippen MR) is 64.1 cm³/mol. The van der Waals surface area contributed by atoms with E-state index in [-0.39, 0.29) is 0 Å². The minimum atomic E-state index is 0.704. The molecule has 0 aromatic rings. The van der Waals surface area contributed by atoms with Crippen LogP contribution in [-0.4, -0.2) is 69.1 Å². The molecular formula is C10H23N5. The Morgan fingerprint density at radius 1 is 1.40 bits per heavy atom. The van der Waals surface area contributed by atoms with Gasteiger partial charge in [-0.25, -0.2) is 0 Å². The van der Waals surface area contributed by atoms with Gasteiger partial charge in [-0.15, -0.1) is 0 Å². The smallest absolute Gasteiger partial charge is 0.191 e. The molecule has 1 fully saturated rings. The molecular weight excluding hydrogens is 190 g/mol. The van der Waals surface area contributed by atoms with Crippen molar-refractivity contribution in [3.8, 4) is 0 Å². The average molecular weight is 213 g/mol. The van der Waals surface area contributed by atoms with Crippen LogP contribution in [0.1, 0.15) is 6.42 Å². The van der Waals surface area contributed by atoms with Crippen molar-refractivity contribution in [2.75, 3.05) is 53.4 Å².